The van der Waals surface area contributed by atoms with Crippen LogP contribution in [-0.2, 0) is 17.6 Å². The summed E-state index contributed by atoms with van der Waals surface area (Å²) in [5.41, 5.74) is 5.43. The molecule has 0 atom stereocenters. The first kappa shape index (κ1) is 20.4. The summed E-state index contributed by atoms with van der Waals surface area (Å²) in [6, 6.07) is 14.3. The van der Waals surface area contributed by atoms with Crippen LogP contribution in [-0.4, -0.2) is 21.9 Å². The highest BCUT2D eigenvalue weighted by atomic mass is 32.2. The Morgan fingerprint density at radius 1 is 1.07 bits per heavy atom. The van der Waals surface area contributed by atoms with Crippen LogP contribution in [0.25, 0.3) is 0 Å². The summed E-state index contributed by atoms with van der Waals surface area (Å²) in [5.74, 6) is 0.269. The maximum atomic E-state index is 12.4. The minimum atomic E-state index is -0.0335. The Hall–Kier alpha value is -2.38. The van der Waals surface area contributed by atoms with Crippen molar-refractivity contribution in [2.45, 2.75) is 38.0 Å². The molecule has 0 saturated carbocycles. The number of nitrogens with zero attached hydrogens (tertiary/aromatic N) is 2. The minimum Gasteiger partial charge on any atom is -0.330 e. The Morgan fingerprint density at radius 2 is 1.86 bits per heavy atom. The Bertz CT molecular complexity index is 938. The average Bonchev–Trinajstić information content (AvgIpc) is 3.16. The highest BCUT2D eigenvalue weighted by Gasteiger charge is 2.11. The van der Waals surface area contributed by atoms with E-state index in [-0.39, 0.29) is 5.91 Å². The van der Waals surface area contributed by atoms with Gasteiger partial charge < -0.3 is 10.6 Å². The number of hydrogen-bond acceptors (Lipinski definition) is 6. The van der Waals surface area contributed by atoms with E-state index in [1.807, 2.05) is 37.3 Å². The maximum Gasteiger partial charge on any atom is 0.234 e. The molecule has 0 aliphatic carbocycles. The van der Waals surface area contributed by atoms with Crippen LogP contribution in [0.2, 0.25) is 0 Å². The molecule has 0 fully saturated rings. The van der Waals surface area contributed by atoms with Gasteiger partial charge in [-0.3, -0.25) is 4.79 Å². The smallest absolute Gasteiger partial charge is 0.234 e. The third-order valence-electron chi connectivity index (χ3n) is 4.35. The standard InChI is InChI=1S/C21H24N4OS2/c1-4-15-9-11-17(12-10-15)22-20-24-25-21(28-20)27-13-18(26)23-19-14(3)7-6-8-16(19)5-2/h6-12H,4-5,13H2,1-3H3,(H,22,24)(H,23,26). The lowest BCUT2D eigenvalue weighted by atomic mass is 10.1. The zero-order valence-electron chi connectivity index (χ0n) is 16.3. The molecule has 1 heterocycles. The topological polar surface area (TPSA) is 66.9 Å². The fraction of sp³-hybridized carbons (Fsp3) is 0.286. The summed E-state index contributed by atoms with van der Waals surface area (Å²) in [5, 5.41) is 15.3. The van der Waals surface area contributed by atoms with Gasteiger partial charge >= 0.3 is 0 Å². The summed E-state index contributed by atoms with van der Waals surface area (Å²) in [6.45, 7) is 6.23. The Balaban J connectivity index is 1.54. The molecule has 2 N–H and O–H groups in total. The number of amides is 1. The van der Waals surface area contributed by atoms with Crippen molar-refractivity contribution in [2.24, 2.45) is 0 Å². The van der Waals surface area contributed by atoms with Crippen LogP contribution in [0, 0.1) is 6.92 Å². The van der Waals surface area contributed by atoms with Crippen molar-refractivity contribution in [1.29, 1.82) is 0 Å². The molecule has 5 nitrogen and oxygen atoms in total. The first-order valence-electron chi connectivity index (χ1n) is 9.29. The number of carbonyl (C=O) groups is 1. The monoisotopic (exact) mass is 412 g/mol. The van der Waals surface area contributed by atoms with Crippen molar-refractivity contribution in [3.63, 3.8) is 0 Å². The van der Waals surface area contributed by atoms with Crippen LogP contribution >= 0.6 is 23.1 Å². The molecule has 3 rings (SSSR count). The number of carbonyl (C=O) groups excluding carboxylic acids is 1. The van der Waals surface area contributed by atoms with E-state index < -0.39 is 0 Å². The SMILES string of the molecule is CCc1ccc(Nc2nnc(SCC(=O)Nc3c(C)cccc3CC)s2)cc1. The van der Waals surface area contributed by atoms with E-state index in [4.69, 9.17) is 0 Å². The van der Waals surface area contributed by atoms with E-state index in [0.717, 1.165) is 44.8 Å². The van der Waals surface area contributed by atoms with Crippen LogP contribution in [0.1, 0.15) is 30.5 Å². The summed E-state index contributed by atoms with van der Waals surface area (Å²) < 4.78 is 0.767. The lowest BCUT2D eigenvalue weighted by Gasteiger charge is -2.12. The normalized spacial score (nSPS) is 10.7. The Labute approximate surface area is 174 Å². The fourth-order valence-corrected chi connectivity index (χ4v) is 4.34. The first-order valence-corrected chi connectivity index (χ1v) is 11.1. The predicted octanol–water partition coefficient (Wildman–Crippen LogP) is 5.45. The van der Waals surface area contributed by atoms with Gasteiger partial charge in [0.25, 0.3) is 0 Å². The number of aromatic nitrogens is 2. The van der Waals surface area contributed by atoms with Crippen molar-refractivity contribution in [1.82, 2.24) is 10.2 Å². The average molecular weight is 413 g/mol. The lowest BCUT2D eigenvalue weighted by molar-refractivity contribution is -0.113. The number of hydrogen-bond donors (Lipinski definition) is 2. The second-order valence-electron chi connectivity index (χ2n) is 6.35. The maximum absolute atomic E-state index is 12.4. The van der Waals surface area contributed by atoms with Gasteiger partial charge in [-0.05, 0) is 48.6 Å². The number of para-hydroxylation sites is 1. The number of aryl methyl sites for hydroxylation is 3. The van der Waals surface area contributed by atoms with E-state index in [9.17, 15) is 4.79 Å². The highest BCUT2D eigenvalue weighted by molar-refractivity contribution is 8.01. The molecule has 0 aliphatic heterocycles. The van der Waals surface area contributed by atoms with Crippen LogP contribution in [0.5, 0.6) is 0 Å². The van der Waals surface area contributed by atoms with Crippen molar-refractivity contribution in [2.75, 3.05) is 16.4 Å². The summed E-state index contributed by atoms with van der Waals surface area (Å²) >= 11 is 2.84. The molecule has 0 spiro atoms. The first-order chi connectivity index (χ1) is 13.6. The van der Waals surface area contributed by atoms with Gasteiger partial charge in [-0.25, -0.2) is 0 Å². The summed E-state index contributed by atoms with van der Waals surface area (Å²) in [6.07, 6.45) is 1.90. The Morgan fingerprint density at radius 3 is 2.57 bits per heavy atom. The molecule has 1 amide bonds. The lowest BCUT2D eigenvalue weighted by Crippen LogP contribution is -2.16. The highest BCUT2D eigenvalue weighted by Crippen LogP contribution is 2.28. The molecule has 1 aromatic heterocycles. The van der Waals surface area contributed by atoms with Crippen molar-refractivity contribution in [3.8, 4) is 0 Å². The van der Waals surface area contributed by atoms with E-state index in [1.54, 1.807) is 0 Å². The van der Waals surface area contributed by atoms with Gasteiger partial charge in [0.15, 0.2) is 4.34 Å². The molecule has 146 valence electrons. The predicted molar refractivity (Wildman–Crippen MR) is 119 cm³/mol. The van der Waals surface area contributed by atoms with Gasteiger partial charge in [-0.15, -0.1) is 10.2 Å². The zero-order valence-corrected chi connectivity index (χ0v) is 17.9. The van der Waals surface area contributed by atoms with Gasteiger partial charge in [-0.2, -0.15) is 0 Å². The summed E-state index contributed by atoms with van der Waals surface area (Å²) in [4.78, 5) is 12.4. The van der Waals surface area contributed by atoms with Gasteiger partial charge in [0.05, 0.1) is 5.75 Å². The molecule has 7 heteroatoms. The van der Waals surface area contributed by atoms with E-state index in [0.29, 0.717) is 5.75 Å². The molecule has 0 unspecified atom stereocenters. The van der Waals surface area contributed by atoms with Gasteiger partial charge in [0.1, 0.15) is 0 Å². The molecule has 3 aromatic rings. The number of thioether (sulfide) groups is 1. The van der Waals surface area contributed by atoms with E-state index in [2.05, 4.69) is 46.8 Å². The molecule has 0 bridgehead atoms. The number of nitrogens with one attached hydrogen (secondary N) is 2. The van der Waals surface area contributed by atoms with Crippen LogP contribution < -0.4 is 10.6 Å². The second kappa shape index (κ2) is 9.71. The molecular formula is C21H24N4OS2. The number of benzene rings is 2. The van der Waals surface area contributed by atoms with Crippen LogP contribution in [0.15, 0.2) is 46.8 Å². The minimum absolute atomic E-state index is 0.0335. The summed E-state index contributed by atoms with van der Waals surface area (Å²) in [7, 11) is 0. The van der Waals surface area contributed by atoms with Crippen molar-refractivity contribution < 1.29 is 4.79 Å². The third kappa shape index (κ3) is 5.33. The van der Waals surface area contributed by atoms with Crippen LogP contribution in [0.4, 0.5) is 16.5 Å². The molecule has 0 radical (unpaired) electrons. The molecular weight excluding hydrogens is 388 g/mol. The molecule has 28 heavy (non-hydrogen) atoms. The molecule has 0 saturated heterocycles. The number of rotatable bonds is 8. The van der Waals surface area contributed by atoms with E-state index >= 15 is 0 Å². The van der Waals surface area contributed by atoms with Gasteiger partial charge in [-0.1, -0.05) is 67.3 Å². The van der Waals surface area contributed by atoms with Crippen LogP contribution in [0.3, 0.4) is 0 Å². The third-order valence-corrected chi connectivity index (χ3v) is 6.32. The Kier molecular flexibility index (Phi) is 7.06. The molecule has 0 aliphatic rings. The van der Waals surface area contributed by atoms with Crippen molar-refractivity contribution in [3.05, 3.63) is 59.2 Å². The number of anilines is 3. The fourth-order valence-electron chi connectivity index (χ4n) is 2.77. The van der Waals surface area contributed by atoms with Crippen molar-refractivity contribution >= 4 is 45.5 Å². The molecule has 2 aromatic carbocycles. The quantitative estimate of drug-likeness (QED) is 0.482. The zero-order chi connectivity index (χ0) is 19.9. The van der Waals surface area contributed by atoms with E-state index in [1.165, 1.54) is 28.7 Å². The van der Waals surface area contributed by atoms with Gasteiger partial charge in [0.2, 0.25) is 11.0 Å². The van der Waals surface area contributed by atoms with Gasteiger partial charge in [0, 0.05) is 11.4 Å². The second-order valence-corrected chi connectivity index (χ2v) is 8.55. The largest absolute Gasteiger partial charge is 0.330 e.